The van der Waals surface area contributed by atoms with Crippen LogP contribution in [0.2, 0.25) is 0 Å². The molecule has 58 heavy (non-hydrogen) atoms. The van der Waals surface area contributed by atoms with Gasteiger partial charge in [0, 0.05) is 12.8 Å². The molecule has 0 aliphatic carbocycles. The van der Waals surface area contributed by atoms with Crippen molar-refractivity contribution in [2.45, 2.75) is 174 Å². The van der Waals surface area contributed by atoms with Crippen LogP contribution in [0.25, 0.3) is 0 Å². The van der Waals surface area contributed by atoms with Gasteiger partial charge < -0.3 is 27.9 Å². The SMILES string of the molecule is CC/C=C\C/C=C\C/C=C\C/C=C\C/C=C\C/C=C\CCCCCCCCCCC(=O)OC(COC(=O)CCCCCCCCC)COP(=O)([O-])OCC[N+](C)(C)C. The van der Waals surface area contributed by atoms with Gasteiger partial charge in [0.25, 0.3) is 7.82 Å². The van der Waals surface area contributed by atoms with Gasteiger partial charge in [0.15, 0.2) is 6.10 Å². The largest absolute Gasteiger partial charge is 0.756 e. The van der Waals surface area contributed by atoms with Crippen molar-refractivity contribution < 1.29 is 42.1 Å². The van der Waals surface area contributed by atoms with E-state index in [2.05, 4.69) is 86.8 Å². The molecule has 9 nitrogen and oxygen atoms in total. The highest BCUT2D eigenvalue weighted by Crippen LogP contribution is 2.38. The van der Waals surface area contributed by atoms with E-state index in [4.69, 9.17) is 18.5 Å². The smallest absolute Gasteiger partial charge is 0.306 e. The fourth-order valence-electron chi connectivity index (χ4n) is 5.72. The lowest BCUT2D eigenvalue weighted by Crippen LogP contribution is -2.37. The third kappa shape index (κ3) is 43.0. The van der Waals surface area contributed by atoms with Crippen molar-refractivity contribution in [3.63, 3.8) is 0 Å². The maximum absolute atomic E-state index is 12.7. The summed E-state index contributed by atoms with van der Waals surface area (Å²) in [5.41, 5.74) is 0. The first-order chi connectivity index (χ1) is 28.0. The van der Waals surface area contributed by atoms with Gasteiger partial charge in [-0.1, -0.05) is 164 Å². The van der Waals surface area contributed by atoms with E-state index in [0.717, 1.165) is 89.9 Å². The van der Waals surface area contributed by atoms with Crippen molar-refractivity contribution in [2.75, 3.05) is 47.5 Å². The number of hydrogen-bond donors (Lipinski definition) is 0. The zero-order valence-corrected chi connectivity index (χ0v) is 38.4. The Bertz CT molecular complexity index is 1220. The molecule has 0 N–H and O–H groups in total. The van der Waals surface area contributed by atoms with Crippen molar-refractivity contribution in [1.29, 1.82) is 0 Å². The molecule has 0 aliphatic heterocycles. The number of carbonyl (C=O) groups excluding carboxylic acids is 2. The summed E-state index contributed by atoms with van der Waals surface area (Å²) in [6, 6.07) is 0. The summed E-state index contributed by atoms with van der Waals surface area (Å²) >= 11 is 0. The summed E-state index contributed by atoms with van der Waals surface area (Å²) in [6.45, 7) is 4.03. The average Bonchev–Trinajstić information content (AvgIpc) is 3.17. The minimum atomic E-state index is -4.62. The number of hydrogen-bond acceptors (Lipinski definition) is 8. The Balaban J connectivity index is 4.18. The molecule has 2 unspecified atom stereocenters. The van der Waals surface area contributed by atoms with Crippen molar-refractivity contribution in [3.05, 3.63) is 72.9 Å². The van der Waals surface area contributed by atoms with E-state index in [1.165, 1.54) is 44.9 Å². The number of ether oxygens (including phenoxy) is 2. The Morgan fingerprint density at radius 1 is 0.552 bits per heavy atom. The van der Waals surface area contributed by atoms with Gasteiger partial charge in [0.05, 0.1) is 27.7 Å². The van der Waals surface area contributed by atoms with E-state index in [0.29, 0.717) is 17.4 Å². The van der Waals surface area contributed by atoms with Crippen LogP contribution in [0.5, 0.6) is 0 Å². The molecular formula is C48H84NO8P. The van der Waals surface area contributed by atoms with E-state index >= 15 is 0 Å². The fourth-order valence-corrected chi connectivity index (χ4v) is 6.44. The maximum atomic E-state index is 12.7. The fraction of sp³-hybridized carbons (Fsp3) is 0.708. The summed E-state index contributed by atoms with van der Waals surface area (Å²) < 4.78 is 33.8. The van der Waals surface area contributed by atoms with Crippen LogP contribution >= 0.6 is 7.82 Å². The lowest BCUT2D eigenvalue weighted by atomic mass is 10.1. The molecule has 0 aromatic heterocycles. The zero-order valence-electron chi connectivity index (χ0n) is 37.5. The molecule has 0 rings (SSSR count). The summed E-state index contributed by atoms with van der Waals surface area (Å²) in [6.07, 6.45) is 49.6. The van der Waals surface area contributed by atoms with Crippen LogP contribution in [0.3, 0.4) is 0 Å². The molecule has 0 aromatic carbocycles. The molecule has 0 saturated carbocycles. The van der Waals surface area contributed by atoms with Gasteiger partial charge >= 0.3 is 11.9 Å². The molecule has 2 atom stereocenters. The Kier molecular flexibility index (Phi) is 38.1. The molecule has 0 radical (unpaired) electrons. The molecule has 0 fully saturated rings. The van der Waals surface area contributed by atoms with Gasteiger partial charge in [-0.15, -0.1) is 0 Å². The Hall–Kier alpha value is -2.55. The highest BCUT2D eigenvalue weighted by molar-refractivity contribution is 7.45. The number of allylic oxidation sites excluding steroid dienone is 12. The van der Waals surface area contributed by atoms with Crippen LogP contribution in [-0.2, 0) is 32.7 Å². The monoisotopic (exact) mass is 834 g/mol. The van der Waals surface area contributed by atoms with E-state index < -0.39 is 32.5 Å². The van der Waals surface area contributed by atoms with Crippen LogP contribution in [0.4, 0.5) is 0 Å². The Morgan fingerprint density at radius 2 is 0.983 bits per heavy atom. The Labute approximate surface area is 355 Å². The van der Waals surface area contributed by atoms with Crippen molar-refractivity contribution in [3.8, 4) is 0 Å². The summed E-state index contributed by atoms with van der Waals surface area (Å²) in [7, 11) is 1.15. The molecule has 334 valence electrons. The first kappa shape index (κ1) is 55.5. The van der Waals surface area contributed by atoms with Crippen molar-refractivity contribution in [2.24, 2.45) is 0 Å². The molecule has 0 aliphatic rings. The van der Waals surface area contributed by atoms with Gasteiger partial charge in [-0.2, -0.15) is 0 Å². The predicted molar refractivity (Wildman–Crippen MR) is 240 cm³/mol. The van der Waals surface area contributed by atoms with Crippen molar-refractivity contribution >= 4 is 19.8 Å². The van der Waals surface area contributed by atoms with E-state index in [1.807, 2.05) is 21.1 Å². The van der Waals surface area contributed by atoms with Crippen LogP contribution < -0.4 is 4.89 Å². The number of carbonyl (C=O) groups is 2. The van der Waals surface area contributed by atoms with E-state index in [1.54, 1.807) is 0 Å². The zero-order chi connectivity index (χ0) is 42.8. The molecule has 0 bridgehead atoms. The van der Waals surface area contributed by atoms with Gasteiger partial charge in [-0.25, -0.2) is 0 Å². The minimum Gasteiger partial charge on any atom is -0.756 e. The number of quaternary nitrogens is 1. The number of rotatable bonds is 40. The third-order valence-electron chi connectivity index (χ3n) is 9.24. The highest BCUT2D eigenvalue weighted by atomic mass is 31.2. The number of phosphoric ester groups is 1. The molecular weight excluding hydrogens is 750 g/mol. The number of likely N-dealkylation sites (N-methyl/N-ethyl adjacent to an activating group) is 1. The summed E-state index contributed by atoms with van der Waals surface area (Å²) in [4.78, 5) is 37.3. The predicted octanol–water partition coefficient (Wildman–Crippen LogP) is 12.4. The quantitative estimate of drug-likeness (QED) is 0.0197. The summed E-state index contributed by atoms with van der Waals surface area (Å²) in [5, 5.41) is 0. The molecule has 0 amide bonds. The normalized spacial score (nSPS) is 14.2. The topological polar surface area (TPSA) is 111 Å². The number of phosphoric acid groups is 1. The van der Waals surface area contributed by atoms with Crippen molar-refractivity contribution in [1.82, 2.24) is 0 Å². The first-order valence-corrected chi connectivity index (χ1v) is 24.1. The Morgan fingerprint density at radius 3 is 1.47 bits per heavy atom. The number of unbranched alkanes of at least 4 members (excludes halogenated alkanes) is 14. The van der Waals surface area contributed by atoms with Gasteiger partial charge in [0.1, 0.15) is 19.8 Å². The van der Waals surface area contributed by atoms with Crippen LogP contribution in [-0.4, -0.2) is 70.0 Å². The summed E-state index contributed by atoms with van der Waals surface area (Å²) in [5.74, 6) is -0.856. The molecule has 10 heteroatoms. The van der Waals surface area contributed by atoms with Gasteiger partial charge in [-0.3, -0.25) is 14.2 Å². The molecule has 0 spiro atoms. The molecule has 0 saturated heterocycles. The van der Waals surface area contributed by atoms with Crippen LogP contribution in [0.15, 0.2) is 72.9 Å². The van der Waals surface area contributed by atoms with Crippen LogP contribution in [0, 0.1) is 0 Å². The number of nitrogens with zero attached hydrogens (tertiary/aromatic N) is 1. The maximum Gasteiger partial charge on any atom is 0.306 e. The lowest BCUT2D eigenvalue weighted by Gasteiger charge is -2.28. The average molecular weight is 834 g/mol. The standard InChI is InChI=1S/C48H84NO8P/c1-6-8-10-12-14-15-16-17-18-19-20-21-22-23-24-25-26-27-28-29-30-31-32-33-35-37-39-41-48(51)57-46(45-56-58(52,53)55-43-42-49(3,4)5)44-54-47(50)40-38-36-34-13-11-9-7-2/h8,10,14-15,17-18,20-21,23-24,26-27,46H,6-7,9,11-13,16,19,22,25,28-45H2,1-5H3/b10-8-,15-14-,18-17-,21-20-,24-23-,27-26-. The molecule has 0 heterocycles. The van der Waals surface area contributed by atoms with Gasteiger partial charge in [-0.05, 0) is 64.2 Å². The second kappa shape index (κ2) is 39.9. The highest BCUT2D eigenvalue weighted by Gasteiger charge is 2.21. The van der Waals surface area contributed by atoms with Gasteiger partial charge in [0.2, 0.25) is 0 Å². The second-order valence-electron chi connectivity index (χ2n) is 16.0. The first-order valence-electron chi connectivity index (χ1n) is 22.6. The minimum absolute atomic E-state index is 0.0352. The second-order valence-corrected chi connectivity index (χ2v) is 17.4. The van der Waals surface area contributed by atoms with E-state index in [9.17, 15) is 19.0 Å². The number of esters is 2. The van der Waals surface area contributed by atoms with Crippen LogP contribution in [0.1, 0.15) is 168 Å². The third-order valence-corrected chi connectivity index (χ3v) is 10.2. The van der Waals surface area contributed by atoms with E-state index in [-0.39, 0.29) is 26.1 Å². The lowest BCUT2D eigenvalue weighted by molar-refractivity contribution is -0.870. The molecule has 0 aromatic rings.